The molecule has 5 rings (SSSR count). The number of hydrogen-bond donors (Lipinski definition) is 3. The van der Waals surface area contributed by atoms with E-state index in [9.17, 15) is 9.59 Å². The van der Waals surface area contributed by atoms with Crippen LogP contribution in [0.25, 0.3) is 11.0 Å². The normalized spacial score (nSPS) is 13.5. The first-order valence-electron chi connectivity index (χ1n) is 11.3. The lowest BCUT2D eigenvalue weighted by atomic mass is 10.0. The molecule has 176 valence electrons. The lowest BCUT2D eigenvalue weighted by Crippen LogP contribution is -2.43. The van der Waals surface area contributed by atoms with E-state index < -0.39 is 6.03 Å². The number of nitrogens with zero attached hydrogens (tertiary/aromatic N) is 3. The molecule has 0 aliphatic carbocycles. The molecule has 0 radical (unpaired) electrons. The van der Waals surface area contributed by atoms with Crippen LogP contribution in [0.15, 0.2) is 72.9 Å². The number of urea groups is 1. The van der Waals surface area contributed by atoms with Crippen molar-refractivity contribution in [2.45, 2.75) is 0 Å². The van der Waals surface area contributed by atoms with Crippen LogP contribution in [0.1, 0.15) is 15.9 Å². The number of rotatable bonds is 5. The molecule has 8 nitrogen and oxygen atoms in total. The van der Waals surface area contributed by atoms with Crippen molar-refractivity contribution in [3.63, 3.8) is 0 Å². The van der Waals surface area contributed by atoms with Crippen LogP contribution in [0.2, 0.25) is 5.02 Å². The van der Waals surface area contributed by atoms with E-state index in [1.807, 2.05) is 0 Å². The molecule has 1 aromatic heterocycles. The average Bonchev–Trinajstić information content (AvgIpc) is 2.88. The second kappa shape index (κ2) is 10.1. The molecule has 1 saturated heterocycles. The Labute approximate surface area is 207 Å². The fourth-order valence-corrected chi connectivity index (χ4v) is 4.14. The number of hydrogen-bond acceptors (Lipinski definition) is 6. The summed E-state index contributed by atoms with van der Waals surface area (Å²) >= 11 is 5.96. The van der Waals surface area contributed by atoms with Gasteiger partial charge in [-0.05, 0) is 48.5 Å². The second-order valence-electron chi connectivity index (χ2n) is 8.17. The smallest absolute Gasteiger partial charge is 0.323 e. The van der Waals surface area contributed by atoms with Gasteiger partial charge < -0.3 is 20.9 Å². The van der Waals surface area contributed by atoms with Crippen LogP contribution >= 0.6 is 11.6 Å². The van der Waals surface area contributed by atoms with Gasteiger partial charge in [0.05, 0.1) is 17.2 Å². The van der Waals surface area contributed by atoms with Crippen LogP contribution in [0, 0.1) is 0 Å². The summed E-state index contributed by atoms with van der Waals surface area (Å²) in [7, 11) is 0. The van der Waals surface area contributed by atoms with E-state index in [1.54, 1.807) is 72.9 Å². The molecule has 3 aromatic carbocycles. The summed E-state index contributed by atoms with van der Waals surface area (Å²) in [6.07, 6.45) is 1.78. The van der Waals surface area contributed by atoms with Crippen molar-refractivity contribution in [2.24, 2.45) is 0 Å². The van der Waals surface area contributed by atoms with Gasteiger partial charge in [0.15, 0.2) is 5.78 Å². The summed E-state index contributed by atoms with van der Waals surface area (Å²) in [5.41, 5.74) is 3.42. The monoisotopic (exact) mass is 486 g/mol. The highest BCUT2D eigenvalue weighted by atomic mass is 35.5. The lowest BCUT2D eigenvalue weighted by molar-refractivity contribution is 0.103. The van der Waals surface area contributed by atoms with Crippen molar-refractivity contribution in [1.82, 2.24) is 15.3 Å². The molecule has 0 spiro atoms. The number of ketones is 1. The first-order valence-corrected chi connectivity index (χ1v) is 11.6. The van der Waals surface area contributed by atoms with Crippen LogP contribution in [0.4, 0.5) is 22.0 Å². The number of halogens is 1. The SMILES string of the molecule is O=C(Nc1cccc(Cl)c1)Nc1cccc(C(=O)c2ccc3ncc(N4CCNCC4)nc3c2)c1. The van der Waals surface area contributed by atoms with Gasteiger partial charge in [-0.15, -0.1) is 0 Å². The summed E-state index contributed by atoms with van der Waals surface area (Å²) < 4.78 is 0. The number of fused-ring (bicyclic) bond motifs is 1. The van der Waals surface area contributed by atoms with E-state index in [-0.39, 0.29) is 5.78 Å². The lowest BCUT2D eigenvalue weighted by Gasteiger charge is -2.28. The zero-order chi connectivity index (χ0) is 24.2. The number of anilines is 3. The third-order valence-corrected chi connectivity index (χ3v) is 5.93. The maximum absolute atomic E-state index is 13.2. The number of benzene rings is 3. The Hall–Kier alpha value is -4.01. The first-order chi connectivity index (χ1) is 17.0. The molecule has 0 bridgehead atoms. The maximum atomic E-state index is 13.2. The van der Waals surface area contributed by atoms with Crippen LogP contribution in [-0.2, 0) is 0 Å². The van der Waals surface area contributed by atoms with Gasteiger partial charge in [-0.3, -0.25) is 9.78 Å². The Morgan fingerprint density at radius 2 is 1.57 bits per heavy atom. The minimum atomic E-state index is -0.432. The number of nitrogens with one attached hydrogen (secondary N) is 3. The molecular formula is C26H23ClN6O2. The molecule has 1 aliphatic heterocycles. The Morgan fingerprint density at radius 3 is 2.34 bits per heavy atom. The highest BCUT2D eigenvalue weighted by Crippen LogP contribution is 2.21. The Kier molecular flexibility index (Phi) is 6.56. The molecule has 3 N–H and O–H groups in total. The molecule has 9 heteroatoms. The van der Waals surface area contributed by atoms with Gasteiger partial charge in [0, 0.05) is 53.7 Å². The highest BCUT2D eigenvalue weighted by molar-refractivity contribution is 6.30. The van der Waals surface area contributed by atoms with Gasteiger partial charge in [-0.25, -0.2) is 9.78 Å². The molecule has 0 saturated carbocycles. The maximum Gasteiger partial charge on any atom is 0.323 e. The van der Waals surface area contributed by atoms with Crippen molar-refractivity contribution in [2.75, 3.05) is 41.7 Å². The molecule has 2 amide bonds. The summed E-state index contributed by atoms with van der Waals surface area (Å²) in [6.45, 7) is 3.53. The molecule has 35 heavy (non-hydrogen) atoms. The topological polar surface area (TPSA) is 99.2 Å². The van der Waals surface area contributed by atoms with Gasteiger partial charge in [0.25, 0.3) is 0 Å². The molecule has 4 aromatic rings. The Bertz CT molecular complexity index is 1400. The highest BCUT2D eigenvalue weighted by Gasteiger charge is 2.15. The van der Waals surface area contributed by atoms with Crippen LogP contribution in [0.5, 0.6) is 0 Å². The molecule has 0 unspecified atom stereocenters. The van der Waals surface area contributed by atoms with E-state index in [0.717, 1.165) is 37.5 Å². The summed E-state index contributed by atoms with van der Waals surface area (Å²) in [5, 5.41) is 9.32. The number of amides is 2. The zero-order valence-electron chi connectivity index (χ0n) is 18.8. The number of aromatic nitrogens is 2. The fourth-order valence-electron chi connectivity index (χ4n) is 3.95. The molecule has 1 fully saturated rings. The molecule has 1 aliphatic rings. The molecule has 0 atom stereocenters. The minimum absolute atomic E-state index is 0.167. The average molecular weight is 487 g/mol. The van der Waals surface area contributed by atoms with Gasteiger partial charge >= 0.3 is 6.03 Å². The first kappa shape index (κ1) is 22.8. The quantitative estimate of drug-likeness (QED) is 0.357. The number of carbonyl (C=O) groups excluding carboxylic acids is 2. The van der Waals surface area contributed by atoms with Gasteiger partial charge in [0.1, 0.15) is 5.82 Å². The van der Waals surface area contributed by atoms with Crippen molar-refractivity contribution in [3.8, 4) is 0 Å². The van der Waals surface area contributed by atoms with Crippen molar-refractivity contribution < 1.29 is 9.59 Å². The Morgan fingerprint density at radius 1 is 0.857 bits per heavy atom. The summed E-state index contributed by atoms with van der Waals surface area (Å²) in [5.74, 6) is 0.640. The second-order valence-corrected chi connectivity index (χ2v) is 8.60. The van der Waals surface area contributed by atoms with Gasteiger partial charge in [-0.2, -0.15) is 0 Å². The predicted octanol–water partition coefficient (Wildman–Crippen LogP) is 4.57. The predicted molar refractivity (Wildman–Crippen MR) is 139 cm³/mol. The van der Waals surface area contributed by atoms with E-state index in [4.69, 9.17) is 16.6 Å². The molecule has 2 heterocycles. The number of carbonyl (C=O) groups is 2. The van der Waals surface area contributed by atoms with Crippen molar-refractivity contribution >= 4 is 51.6 Å². The van der Waals surface area contributed by atoms with Gasteiger partial charge in [0.2, 0.25) is 0 Å². The standard InChI is InChI=1S/C26H23ClN6O2/c27-19-4-2-6-21(15-19)31-26(35)30-20-5-1-3-17(13-20)25(34)18-7-8-22-23(14-18)32-24(16-29-22)33-11-9-28-10-12-33/h1-8,13-16,28H,9-12H2,(H2,30,31,35). The zero-order valence-corrected chi connectivity index (χ0v) is 19.5. The van der Waals surface area contributed by atoms with Crippen molar-refractivity contribution in [1.29, 1.82) is 0 Å². The van der Waals surface area contributed by atoms with Crippen LogP contribution in [0.3, 0.4) is 0 Å². The number of piperazine rings is 1. The minimum Gasteiger partial charge on any atom is -0.353 e. The third kappa shape index (κ3) is 5.40. The molecular weight excluding hydrogens is 464 g/mol. The van der Waals surface area contributed by atoms with Crippen LogP contribution < -0.4 is 20.9 Å². The van der Waals surface area contributed by atoms with E-state index in [1.165, 1.54) is 0 Å². The van der Waals surface area contributed by atoms with E-state index in [2.05, 4.69) is 25.8 Å². The van der Waals surface area contributed by atoms with E-state index >= 15 is 0 Å². The largest absolute Gasteiger partial charge is 0.353 e. The summed E-state index contributed by atoms with van der Waals surface area (Å²) in [4.78, 5) is 37.1. The third-order valence-electron chi connectivity index (χ3n) is 5.70. The van der Waals surface area contributed by atoms with Gasteiger partial charge in [-0.1, -0.05) is 29.8 Å². The Balaban J connectivity index is 1.33. The van der Waals surface area contributed by atoms with E-state index in [0.29, 0.717) is 33.0 Å². The fraction of sp³-hybridized carbons (Fsp3) is 0.154. The van der Waals surface area contributed by atoms with Crippen LogP contribution in [-0.4, -0.2) is 48.0 Å². The van der Waals surface area contributed by atoms with Crippen molar-refractivity contribution in [3.05, 3.63) is 89.1 Å². The summed E-state index contributed by atoms with van der Waals surface area (Å²) in [6, 6.07) is 18.6.